The molecule has 2 N–H and O–H groups in total. The molecule has 0 saturated carbocycles. The largest absolute Gasteiger partial charge is 0.405 e. The lowest BCUT2D eigenvalue weighted by atomic mass is 9.67. The van der Waals surface area contributed by atoms with Crippen LogP contribution in [0.2, 0.25) is 0 Å². The first-order valence-corrected chi connectivity index (χ1v) is 25.5. The van der Waals surface area contributed by atoms with Crippen LogP contribution < -0.4 is 10.6 Å². The number of fused-ring (bicyclic) bond motifs is 1. The van der Waals surface area contributed by atoms with E-state index in [2.05, 4.69) is 97.3 Å². The fourth-order valence-electron chi connectivity index (χ4n) is 10.2. The van der Waals surface area contributed by atoms with E-state index in [-0.39, 0.29) is 23.8 Å². The first kappa shape index (κ1) is 56.9. The van der Waals surface area contributed by atoms with Gasteiger partial charge in [-0.2, -0.15) is 0 Å². The predicted molar refractivity (Wildman–Crippen MR) is 278 cm³/mol. The zero-order valence-electron chi connectivity index (χ0n) is 42.6. The molecular weight excluding hydrogens is 807 g/mol. The second kappa shape index (κ2) is 30.9. The predicted octanol–water partition coefficient (Wildman–Crippen LogP) is 14.9. The van der Waals surface area contributed by atoms with Crippen molar-refractivity contribution in [2.24, 2.45) is 23.5 Å². The van der Waals surface area contributed by atoms with Crippen molar-refractivity contribution in [3.05, 3.63) is 137 Å². The van der Waals surface area contributed by atoms with Gasteiger partial charge in [-0.25, -0.2) is 8.78 Å². The van der Waals surface area contributed by atoms with Crippen LogP contribution in [-0.4, -0.2) is 62.9 Å². The van der Waals surface area contributed by atoms with Crippen molar-refractivity contribution in [3.8, 4) is 0 Å². The maximum Gasteiger partial charge on any atom is 0.274 e. The van der Waals surface area contributed by atoms with Gasteiger partial charge in [-0.3, -0.25) is 0 Å². The highest BCUT2D eigenvalue weighted by molar-refractivity contribution is 5.53. The zero-order valence-corrected chi connectivity index (χ0v) is 42.6. The number of anilines is 1. The summed E-state index contributed by atoms with van der Waals surface area (Å²) in [5.41, 5.74) is 13.2. The Labute approximate surface area is 396 Å². The maximum absolute atomic E-state index is 15.9. The van der Waals surface area contributed by atoms with Gasteiger partial charge in [0.05, 0.1) is 0 Å². The lowest BCUT2D eigenvalue weighted by molar-refractivity contribution is -0.0980. The molecule has 0 spiro atoms. The maximum atomic E-state index is 15.9. The van der Waals surface area contributed by atoms with Gasteiger partial charge < -0.3 is 25.2 Å². The summed E-state index contributed by atoms with van der Waals surface area (Å²) in [6.45, 7) is 31.0. The number of carbonyl (C=O) groups is 1. The molecule has 7 rings (SSSR count). The van der Waals surface area contributed by atoms with Gasteiger partial charge in [0.15, 0.2) is 0 Å². The Morgan fingerprint density at radius 3 is 2.05 bits per heavy atom. The van der Waals surface area contributed by atoms with Crippen LogP contribution in [0, 0.1) is 17.8 Å². The molecular formula is C58H90F2N4O. The first-order chi connectivity index (χ1) is 31.6. The molecule has 3 aromatic rings. The molecule has 7 heteroatoms. The van der Waals surface area contributed by atoms with Crippen molar-refractivity contribution in [1.29, 1.82) is 0 Å². The molecule has 362 valence electrons. The Balaban J connectivity index is 0.00000122. The second-order valence-corrected chi connectivity index (χ2v) is 17.5. The van der Waals surface area contributed by atoms with E-state index in [1.807, 2.05) is 84.7 Å². The topological polar surface area (TPSA) is 52.8 Å². The fraction of sp³-hybridized carbons (Fsp3) is 0.569. The summed E-state index contributed by atoms with van der Waals surface area (Å²) >= 11 is 0. The summed E-state index contributed by atoms with van der Waals surface area (Å²) in [6.07, 6.45) is 17.8. The number of nitrogens with two attached hydrogens (primary N) is 1. The molecule has 0 radical (unpaired) electrons. The van der Waals surface area contributed by atoms with Gasteiger partial charge in [-0.05, 0) is 128 Å². The van der Waals surface area contributed by atoms with E-state index >= 15 is 8.78 Å². The Morgan fingerprint density at radius 1 is 0.831 bits per heavy atom. The number of aryl methyl sites for hydroxylation is 1. The molecule has 0 aromatic heterocycles. The van der Waals surface area contributed by atoms with Crippen molar-refractivity contribution in [2.45, 2.75) is 151 Å². The smallest absolute Gasteiger partial charge is 0.274 e. The van der Waals surface area contributed by atoms with E-state index in [4.69, 9.17) is 4.79 Å². The van der Waals surface area contributed by atoms with Crippen LogP contribution in [0.15, 0.2) is 109 Å². The van der Waals surface area contributed by atoms with Crippen molar-refractivity contribution >= 4 is 12.5 Å². The number of alkyl halides is 2. The number of hydrogen-bond acceptors (Lipinski definition) is 5. The van der Waals surface area contributed by atoms with Crippen LogP contribution in [0.5, 0.6) is 0 Å². The number of piperidine rings is 1. The molecule has 4 atom stereocenters. The van der Waals surface area contributed by atoms with Gasteiger partial charge in [0.1, 0.15) is 6.79 Å². The highest BCUT2D eigenvalue weighted by Crippen LogP contribution is 2.54. The summed E-state index contributed by atoms with van der Waals surface area (Å²) in [4.78, 5) is 15.8. The molecule has 2 heterocycles. The molecule has 65 heavy (non-hydrogen) atoms. The molecule has 5 nitrogen and oxygen atoms in total. The minimum atomic E-state index is -2.85. The van der Waals surface area contributed by atoms with Gasteiger partial charge in [-0.15, -0.1) is 0 Å². The van der Waals surface area contributed by atoms with Gasteiger partial charge in [-0.1, -0.05) is 148 Å². The van der Waals surface area contributed by atoms with E-state index in [1.54, 1.807) is 11.6 Å². The monoisotopic (exact) mass is 897 g/mol. The third kappa shape index (κ3) is 16.6. The zero-order chi connectivity index (χ0) is 48.4. The van der Waals surface area contributed by atoms with E-state index < -0.39 is 5.92 Å². The molecule has 2 saturated heterocycles. The highest BCUT2D eigenvalue weighted by atomic mass is 19.3. The summed E-state index contributed by atoms with van der Waals surface area (Å²) in [6, 6.07) is 24.8. The number of nitrogens with zero attached hydrogens (tertiary/aromatic N) is 3. The van der Waals surface area contributed by atoms with Crippen molar-refractivity contribution < 1.29 is 13.6 Å². The van der Waals surface area contributed by atoms with E-state index in [0.717, 1.165) is 65.9 Å². The van der Waals surface area contributed by atoms with Crippen LogP contribution in [0.1, 0.15) is 166 Å². The normalized spacial score (nSPS) is 20.3. The number of carbonyl (C=O) groups excluding carboxylic acids is 1. The summed E-state index contributed by atoms with van der Waals surface area (Å²) < 4.78 is 31.8. The van der Waals surface area contributed by atoms with Gasteiger partial charge in [0, 0.05) is 75.0 Å². The molecule has 4 unspecified atom stereocenters. The number of likely N-dealkylation sites (tertiary alicyclic amines) is 1. The summed E-state index contributed by atoms with van der Waals surface area (Å²) in [5.74, 6) is -0.936. The Morgan fingerprint density at radius 2 is 1.46 bits per heavy atom. The Hall–Kier alpha value is -4.23. The van der Waals surface area contributed by atoms with Gasteiger partial charge in [0.2, 0.25) is 0 Å². The first-order valence-electron chi connectivity index (χ1n) is 25.5. The van der Waals surface area contributed by atoms with Crippen molar-refractivity contribution in [1.82, 2.24) is 9.80 Å². The van der Waals surface area contributed by atoms with Gasteiger partial charge in [0.25, 0.3) is 5.92 Å². The lowest BCUT2D eigenvalue weighted by Gasteiger charge is -2.39. The summed E-state index contributed by atoms with van der Waals surface area (Å²) in [5, 5.41) is 0. The van der Waals surface area contributed by atoms with Crippen LogP contribution in [0.3, 0.4) is 0 Å². The fourth-order valence-corrected chi connectivity index (χ4v) is 10.2. The third-order valence-electron chi connectivity index (χ3n) is 13.5. The van der Waals surface area contributed by atoms with Crippen molar-refractivity contribution in [3.63, 3.8) is 0 Å². The summed E-state index contributed by atoms with van der Waals surface area (Å²) in [7, 11) is 2.30. The Bertz CT molecular complexity index is 1800. The molecule has 2 aliphatic heterocycles. The molecule has 2 aliphatic carbocycles. The number of benzene rings is 3. The minimum absolute atomic E-state index is 0.101. The SMILES string of the molecule is C=CN.C=O.CC.CC.CC.CCCc1ccc2c(c1)C(F)(F)CC(c1ccccc1)C2c1ccc(N2CCC(CN3CCC(CCN(C)C4=CC=C(C(C)CCC)CC4)C3)CC2)cc1. The molecule has 3 aromatic carbocycles. The number of rotatable bonds is 14. The number of allylic oxidation sites excluding steroid dienone is 4. The standard InChI is InChI=1S/C49H65F2N3.C2H5N.3C2H6.CH2O/c1-5-10-36(3)40-15-19-43(20-16-40)52(4)28-24-38-25-29-53(34-38)35-39-26-30-54(31-27-39)44-21-17-42(18-22-44)48-45-23-14-37(11-6-2)32-47(45)49(50,51)33-46(48)41-12-8-7-9-13-41;1-2-3;4*1-2/h7-9,12-15,17-19,21-23,32,36,38-39,46,48H,5-6,10-11,16,20,24-31,33-35H2,1-4H3;2H,1,3H2;3*1-2H3;1H2. The van der Waals surface area contributed by atoms with Crippen LogP contribution in [0.25, 0.3) is 0 Å². The average molecular weight is 897 g/mol. The number of hydrogen-bond donors (Lipinski definition) is 1. The number of halogens is 2. The third-order valence-corrected chi connectivity index (χ3v) is 13.5. The quantitative estimate of drug-likeness (QED) is 0.175. The van der Waals surface area contributed by atoms with Crippen LogP contribution in [-0.2, 0) is 17.1 Å². The Kier molecular flexibility index (Phi) is 27.0. The highest BCUT2D eigenvalue weighted by Gasteiger charge is 2.47. The van der Waals surface area contributed by atoms with E-state index in [1.165, 1.54) is 95.1 Å². The minimum Gasteiger partial charge on any atom is -0.405 e. The average Bonchev–Trinajstić information content (AvgIpc) is 3.81. The molecule has 2 fully saturated rings. The van der Waals surface area contributed by atoms with Crippen molar-refractivity contribution in [2.75, 3.05) is 51.2 Å². The lowest BCUT2D eigenvalue weighted by Crippen LogP contribution is -2.38. The van der Waals surface area contributed by atoms with Gasteiger partial charge >= 0.3 is 0 Å². The molecule has 0 bridgehead atoms. The van der Waals surface area contributed by atoms with Crippen LogP contribution in [0.4, 0.5) is 14.5 Å². The van der Waals surface area contributed by atoms with Crippen LogP contribution >= 0.6 is 0 Å². The molecule has 0 amide bonds. The van der Waals surface area contributed by atoms with E-state index in [9.17, 15) is 0 Å². The molecule has 4 aliphatic rings. The second-order valence-electron chi connectivity index (χ2n) is 17.5. The van der Waals surface area contributed by atoms with E-state index in [0.29, 0.717) is 0 Å².